The standard InChI is InChI=1S/C8H19NO5P2/c1-4-12-15-9-16(13-7-5-10-2)14-8-6-11-3/h4-8H2,1-3H3. The minimum absolute atomic E-state index is 0.459. The highest BCUT2D eigenvalue weighted by atomic mass is 31.2. The Labute approximate surface area is 99.5 Å². The molecule has 0 spiro atoms. The molecule has 0 aliphatic carbocycles. The molecule has 0 aromatic heterocycles. The van der Waals surface area contributed by atoms with Gasteiger partial charge in [-0.25, -0.2) is 0 Å². The largest absolute Gasteiger partial charge is 0.382 e. The summed E-state index contributed by atoms with van der Waals surface area (Å²) in [6, 6.07) is 0. The fourth-order valence-electron chi connectivity index (χ4n) is 0.600. The number of methoxy groups -OCH3 is 2. The molecule has 0 aliphatic heterocycles. The molecule has 96 valence electrons. The first-order valence-electron chi connectivity index (χ1n) is 4.91. The van der Waals surface area contributed by atoms with Crippen molar-refractivity contribution in [2.24, 2.45) is 4.52 Å². The third-order valence-electron chi connectivity index (χ3n) is 1.27. The second-order valence-corrected chi connectivity index (χ2v) is 4.61. The molecular weight excluding hydrogens is 252 g/mol. The van der Waals surface area contributed by atoms with Crippen LogP contribution in [0.15, 0.2) is 4.52 Å². The highest BCUT2D eigenvalue weighted by molar-refractivity contribution is 7.50. The SMILES string of the molecule is CCOP=NP(OCCOC)OCCOC. The van der Waals surface area contributed by atoms with Gasteiger partial charge in [-0.1, -0.05) is 0 Å². The lowest BCUT2D eigenvalue weighted by Crippen LogP contribution is -2.02. The minimum Gasteiger partial charge on any atom is -0.382 e. The topological polar surface area (TPSA) is 58.5 Å². The van der Waals surface area contributed by atoms with Gasteiger partial charge in [0.15, 0.2) is 8.60 Å². The fraction of sp³-hybridized carbons (Fsp3) is 1.00. The molecule has 0 unspecified atom stereocenters. The zero-order chi connectivity index (χ0) is 12.1. The van der Waals surface area contributed by atoms with Gasteiger partial charge in [0, 0.05) is 14.2 Å². The van der Waals surface area contributed by atoms with Gasteiger partial charge in [-0.15, -0.1) is 0 Å². The van der Waals surface area contributed by atoms with Gasteiger partial charge in [-0.2, -0.15) is 4.52 Å². The predicted octanol–water partition coefficient (Wildman–Crippen LogP) is 2.62. The summed E-state index contributed by atoms with van der Waals surface area (Å²) in [6.07, 6.45) is 0. The summed E-state index contributed by atoms with van der Waals surface area (Å²) in [5.41, 5.74) is 0. The summed E-state index contributed by atoms with van der Waals surface area (Å²) in [5, 5.41) is 0. The van der Waals surface area contributed by atoms with Crippen LogP contribution in [0, 0.1) is 0 Å². The quantitative estimate of drug-likeness (QED) is 0.427. The van der Waals surface area contributed by atoms with Gasteiger partial charge in [0.05, 0.1) is 33.0 Å². The number of hydrogen-bond donors (Lipinski definition) is 0. The Kier molecular flexibility index (Phi) is 13.7. The van der Waals surface area contributed by atoms with E-state index in [0.717, 1.165) is 0 Å². The zero-order valence-corrected chi connectivity index (χ0v) is 11.7. The van der Waals surface area contributed by atoms with Crippen LogP contribution in [0.1, 0.15) is 6.92 Å². The molecule has 0 amide bonds. The Morgan fingerprint density at radius 2 is 1.56 bits per heavy atom. The molecule has 0 heterocycles. The van der Waals surface area contributed by atoms with Crippen molar-refractivity contribution in [1.82, 2.24) is 0 Å². The van der Waals surface area contributed by atoms with Gasteiger partial charge in [-0.05, 0) is 6.92 Å². The first-order valence-corrected chi connectivity index (χ1v) is 6.81. The molecule has 0 saturated carbocycles. The Morgan fingerprint density at radius 3 is 2.00 bits per heavy atom. The van der Waals surface area contributed by atoms with Crippen molar-refractivity contribution in [3.8, 4) is 0 Å². The lowest BCUT2D eigenvalue weighted by atomic mass is 10.8. The van der Waals surface area contributed by atoms with Crippen LogP contribution in [-0.2, 0) is 23.0 Å². The van der Waals surface area contributed by atoms with Crippen molar-refractivity contribution < 1.29 is 23.0 Å². The Hall–Kier alpha value is 0.330. The van der Waals surface area contributed by atoms with Gasteiger partial charge in [0.1, 0.15) is 0 Å². The van der Waals surface area contributed by atoms with E-state index < -0.39 is 8.53 Å². The van der Waals surface area contributed by atoms with Crippen molar-refractivity contribution in [3.63, 3.8) is 0 Å². The highest BCUT2D eigenvalue weighted by Crippen LogP contribution is 2.42. The highest BCUT2D eigenvalue weighted by Gasteiger charge is 2.08. The first kappa shape index (κ1) is 16.3. The van der Waals surface area contributed by atoms with Gasteiger partial charge in [0.25, 0.3) is 0 Å². The molecule has 0 N–H and O–H groups in total. The van der Waals surface area contributed by atoms with E-state index in [1.54, 1.807) is 14.2 Å². The van der Waals surface area contributed by atoms with E-state index in [-0.39, 0.29) is 0 Å². The Morgan fingerprint density at radius 1 is 1.00 bits per heavy atom. The summed E-state index contributed by atoms with van der Waals surface area (Å²) < 4.78 is 29.7. The van der Waals surface area contributed by atoms with Crippen LogP contribution in [0.25, 0.3) is 0 Å². The number of nitrogens with zero attached hydrogens (tertiary/aromatic N) is 1. The molecule has 0 radical (unpaired) electrons. The maximum atomic E-state index is 5.38. The van der Waals surface area contributed by atoms with Crippen molar-refractivity contribution in [2.75, 3.05) is 47.3 Å². The van der Waals surface area contributed by atoms with Crippen LogP contribution in [0.5, 0.6) is 0 Å². The van der Waals surface area contributed by atoms with Gasteiger partial charge in [0.2, 0.25) is 0 Å². The monoisotopic (exact) mass is 271 g/mol. The summed E-state index contributed by atoms with van der Waals surface area (Å²) >= 11 is 0. The molecular formula is C8H19NO5P2. The average molecular weight is 271 g/mol. The third-order valence-corrected chi connectivity index (χ3v) is 3.33. The van der Waals surface area contributed by atoms with Crippen molar-refractivity contribution in [2.45, 2.75) is 6.92 Å². The van der Waals surface area contributed by atoms with Crippen LogP contribution in [0.4, 0.5) is 0 Å². The van der Waals surface area contributed by atoms with E-state index in [0.29, 0.717) is 41.6 Å². The average Bonchev–Trinajstić information content (AvgIpc) is 2.29. The van der Waals surface area contributed by atoms with Crippen LogP contribution >= 0.6 is 17.1 Å². The molecule has 0 rings (SSSR count). The van der Waals surface area contributed by atoms with E-state index >= 15 is 0 Å². The lowest BCUT2D eigenvalue weighted by Gasteiger charge is -2.11. The summed E-state index contributed by atoms with van der Waals surface area (Å²) in [5.74, 6) is 0. The molecule has 0 bridgehead atoms. The maximum Gasteiger partial charge on any atom is 0.316 e. The van der Waals surface area contributed by atoms with E-state index in [9.17, 15) is 0 Å². The molecule has 0 saturated heterocycles. The summed E-state index contributed by atoms with van der Waals surface area (Å²) in [7, 11) is 2.50. The Bertz CT molecular complexity index is 163. The molecule has 0 aromatic carbocycles. The van der Waals surface area contributed by atoms with Crippen molar-refractivity contribution >= 4 is 17.1 Å². The van der Waals surface area contributed by atoms with Gasteiger partial charge < -0.3 is 23.0 Å². The second kappa shape index (κ2) is 13.4. The molecule has 16 heavy (non-hydrogen) atoms. The van der Waals surface area contributed by atoms with Gasteiger partial charge in [-0.3, -0.25) is 0 Å². The Balaban J connectivity index is 3.75. The van der Waals surface area contributed by atoms with Crippen molar-refractivity contribution in [1.29, 1.82) is 0 Å². The smallest absolute Gasteiger partial charge is 0.316 e. The number of rotatable bonds is 11. The van der Waals surface area contributed by atoms with Crippen LogP contribution in [0.2, 0.25) is 0 Å². The number of hydrogen-bond acceptors (Lipinski definition) is 6. The molecule has 0 aromatic rings. The van der Waals surface area contributed by atoms with Gasteiger partial charge >= 0.3 is 8.53 Å². The lowest BCUT2D eigenvalue weighted by molar-refractivity contribution is 0.122. The summed E-state index contributed by atoms with van der Waals surface area (Å²) in [4.78, 5) is 0. The number of ether oxygens (including phenoxy) is 2. The summed E-state index contributed by atoms with van der Waals surface area (Å²) in [6.45, 7) is 4.48. The van der Waals surface area contributed by atoms with Crippen LogP contribution < -0.4 is 0 Å². The zero-order valence-electron chi connectivity index (χ0n) is 9.92. The van der Waals surface area contributed by atoms with Crippen LogP contribution in [-0.4, -0.2) is 47.3 Å². The van der Waals surface area contributed by atoms with E-state index in [1.807, 2.05) is 6.92 Å². The molecule has 0 atom stereocenters. The minimum atomic E-state index is -1.27. The van der Waals surface area contributed by atoms with Crippen molar-refractivity contribution in [3.05, 3.63) is 0 Å². The maximum absolute atomic E-state index is 5.38. The van der Waals surface area contributed by atoms with E-state index in [4.69, 9.17) is 23.0 Å². The molecule has 0 fully saturated rings. The normalized spacial score (nSPS) is 11.8. The fourth-order valence-corrected chi connectivity index (χ4v) is 2.11. The molecule has 6 nitrogen and oxygen atoms in total. The molecule has 8 heteroatoms. The second-order valence-electron chi connectivity index (χ2n) is 2.48. The van der Waals surface area contributed by atoms with Crippen LogP contribution in [0.3, 0.4) is 0 Å². The first-order chi connectivity index (χ1) is 7.85. The molecule has 0 aliphatic rings. The van der Waals surface area contributed by atoms with E-state index in [2.05, 4.69) is 4.52 Å². The predicted molar refractivity (Wildman–Crippen MR) is 63.6 cm³/mol. The third kappa shape index (κ3) is 10.8. The van der Waals surface area contributed by atoms with E-state index in [1.165, 1.54) is 0 Å².